The van der Waals surface area contributed by atoms with E-state index in [-0.39, 0.29) is 0 Å². The summed E-state index contributed by atoms with van der Waals surface area (Å²) in [7, 11) is 0. The predicted octanol–water partition coefficient (Wildman–Crippen LogP) is 5.42. The summed E-state index contributed by atoms with van der Waals surface area (Å²) in [4.78, 5) is 0. The second kappa shape index (κ2) is 11.1. The van der Waals surface area contributed by atoms with E-state index in [2.05, 4.69) is 28.6 Å². The smallest absolute Gasteiger partial charge is 0.195 e. The van der Waals surface area contributed by atoms with Crippen LogP contribution in [0.4, 0.5) is 0 Å². The van der Waals surface area contributed by atoms with E-state index in [0.29, 0.717) is 0 Å². The molecule has 116 valence electrons. The van der Waals surface area contributed by atoms with Gasteiger partial charge in [0.25, 0.3) is 0 Å². The zero-order chi connectivity index (χ0) is 14.6. The lowest BCUT2D eigenvalue weighted by Crippen LogP contribution is -2.03. The van der Waals surface area contributed by atoms with E-state index in [1.54, 1.807) is 0 Å². The van der Waals surface area contributed by atoms with Gasteiger partial charge in [0.2, 0.25) is 0 Å². The topological polar surface area (TPSA) is 33.6 Å². The standard InChI is InChI=1S/C16H31N3S/c1-3-5-6-7-8-9-10-11-12-13-15-17-18-16(20)19(15)14-4-2/h3-14H2,1-2H3,(H,18,20). The van der Waals surface area contributed by atoms with Crippen molar-refractivity contribution in [1.82, 2.24) is 14.8 Å². The Morgan fingerprint density at radius 2 is 1.50 bits per heavy atom. The minimum absolute atomic E-state index is 0.776. The number of H-pyrrole nitrogens is 1. The Balaban J connectivity index is 2.08. The lowest BCUT2D eigenvalue weighted by molar-refractivity contribution is 0.553. The van der Waals surface area contributed by atoms with Gasteiger partial charge >= 0.3 is 0 Å². The fraction of sp³-hybridized carbons (Fsp3) is 0.875. The molecular weight excluding hydrogens is 266 g/mol. The van der Waals surface area contributed by atoms with Gasteiger partial charge in [-0.3, -0.25) is 5.10 Å². The van der Waals surface area contributed by atoms with E-state index in [1.807, 2.05) is 0 Å². The van der Waals surface area contributed by atoms with Crippen molar-refractivity contribution in [3.05, 3.63) is 10.6 Å². The van der Waals surface area contributed by atoms with Gasteiger partial charge in [0.15, 0.2) is 4.77 Å². The molecule has 0 atom stereocenters. The van der Waals surface area contributed by atoms with Gasteiger partial charge in [0.1, 0.15) is 5.82 Å². The molecule has 0 saturated heterocycles. The average Bonchev–Trinajstić information content (AvgIpc) is 2.79. The number of aromatic nitrogens is 3. The summed E-state index contributed by atoms with van der Waals surface area (Å²) in [5.74, 6) is 1.14. The van der Waals surface area contributed by atoms with E-state index in [0.717, 1.165) is 30.0 Å². The third-order valence-electron chi connectivity index (χ3n) is 3.79. The molecule has 0 unspecified atom stereocenters. The number of aryl methyl sites for hydroxylation is 1. The second-order valence-electron chi connectivity index (χ2n) is 5.68. The van der Waals surface area contributed by atoms with E-state index < -0.39 is 0 Å². The number of aromatic amines is 1. The molecule has 1 aromatic rings. The van der Waals surface area contributed by atoms with Crippen molar-refractivity contribution >= 4 is 12.2 Å². The van der Waals surface area contributed by atoms with Crippen molar-refractivity contribution in [3.63, 3.8) is 0 Å². The van der Waals surface area contributed by atoms with E-state index >= 15 is 0 Å². The molecule has 1 heterocycles. The van der Waals surface area contributed by atoms with Gasteiger partial charge in [-0.2, -0.15) is 5.10 Å². The van der Waals surface area contributed by atoms with E-state index in [4.69, 9.17) is 12.2 Å². The number of nitrogens with zero attached hydrogens (tertiary/aromatic N) is 2. The highest BCUT2D eigenvalue weighted by Crippen LogP contribution is 2.11. The second-order valence-corrected chi connectivity index (χ2v) is 6.06. The summed E-state index contributed by atoms with van der Waals surface area (Å²) >= 11 is 5.25. The lowest BCUT2D eigenvalue weighted by atomic mass is 10.1. The molecule has 0 bridgehead atoms. The maximum absolute atomic E-state index is 5.25. The number of hydrogen-bond acceptors (Lipinski definition) is 2. The molecule has 0 saturated carbocycles. The number of nitrogens with one attached hydrogen (secondary N) is 1. The Bertz CT molecular complexity index is 395. The highest BCUT2D eigenvalue weighted by molar-refractivity contribution is 7.71. The van der Waals surface area contributed by atoms with Crippen LogP contribution < -0.4 is 0 Å². The van der Waals surface area contributed by atoms with Crippen LogP contribution in [-0.4, -0.2) is 14.8 Å². The van der Waals surface area contributed by atoms with Gasteiger partial charge in [-0.25, -0.2) is 0 Å². The summed E-state index contributed by atoms with van der Waals surface area (Å²) in [5, 5.41) is 7.27. The zero-order valence-corrected chi connectivity index (χ0v) is 14.1. The lowest BCUT2D eigenvalue weighted by Gasteiger charge is -2.05. The quantitative estimate of drug-likeness (QED) is 0.412. The molecule has 0 aliphatic carbocycles. The van der Waals surface area contributed by atoms with Gasteiger partial charge in [0, 0.05) is 13.0 Å². The molecule has 0 fully saturated rings. The first-order valence-electron chi connectivity index (χ1n) is 8.43. The highest BCUT2D eigenvalue weighted by atomic mass is 32.1. The summed E-state index contributed by atoms with van der Waals surface area (Å²) < 4.78 is 2.93. The molecule has 0 spiro atoms. The molecule has 1 N–H and O–H groups in total. The van der Waals surface area contributed by atoms with Crippen LogP contribution in [0, 0.1) is 4.77 Å². The molecule has 20 heavy (non-hydrogen) atoms. The fourth-order valence-electron chi connectivity index (χ4n) is 2.59. The van der Waals surface area contributed by atoms with Gasteiger partial charge in [-0.1, -0.05) is 65.2 Å². The minimum Gasteiger partial charge on any atom is -0.304 e. The molecule has 0 aromatic carbocycles. The first kappa shape index (κ1) is 17.4. The monoisotopic (exact) mass is 297 g/mol. The maximum Gasteiger partial charge on any atom is 0.195 e. The van der Waals surface area contributed by atoms with Crippen LogP contribution in [0.3, 0.4) is 0 Å². The van der Waals surface area contributed by atoms with Crippen LogP contribution in [-0.2, 0) is 13.0 Å². The third-order valence-corrected chi connectivity index (χ3v) is 4.10. The first-order valence-corrected chi connectivity index (χ1v) is 8.84. The molecule has 0 amide bonds. The maximum atomic E-state index is 5.25. The summed E-state index contributed by atoms with van der Waals surface area (Å²) in [6.45, 7) is 5.44. The Labute approximate surface area is 129 Å². The molecule has 0 aliphatic heterocycles. The summed E-state index contributed by atoms with van der Waals surface area (Å²) in [6.07, 6.45) is 14.5. The molecule has 0 aliphatic rings. The van der Waals surface area contributed by atoms with Crippen molar-refractivity contribution in [2.24, 2.45) is 0 Å². The van der Waals surface area contributed by atoms with E-state index in [9.17, 15) is 0 Å². The van der Waals surface area contributed by atoms with Crippen molar-refractivity contribution in [1.29, 1.82) is 0 Å². The van der Waals surface area contributed by atoms with Crippen LogP contribution in [0.25, 0.3) is 0 Å². The molecule has 3 nitrogen and oxygen atoms in total. The Hall–Kier alpha value is -0.640. The number of rotatable bonds is 12. The average molecular weight is 298 g/mol. The Morgan fingerprint density at radius 3 is 2.10 bits per heavy atom. The van der Waals surface area contributed by atoms with E-state index in [1.165, 1.54) is 57.8 Å². The Kier molecular flexibility index (Phi) is 9.63. The number of hydrogen-bond donors (Lipinski definition) is 1. The van der Waals surface area contributed by atoms with Crippen LogP contribution in [0.5, 0.6) is 0 Å². The van der Waals surface area contributed by atoms with Crippen LogP contribution in [0.15, 0.2) is 0 Å². The van der Waals surface area contributed by atoms with Gasteiger partial charge in [0.05, 0.1) is 0 Å². The van der Waals surface area contributed by atoms with Gasteiger partial charge in [-0.05, 0) is 25.1 Å². The summed E-state index contributed by atoms with van der Waals surface area (Å²) in [5.41, 5.74) is 0. The predicted molar refractivity (Wildman–Crippen MR) is 88.6 cm³/mol. The van der Waals surface area contributed by atoms with Crippen LogP contribution in [0.2, 0.25) is 0 Å². The number of unbranched alkanes of at least 4 members (excludes halogenated alkanes) is 8. The first-order chi connectivity index (χ1) is 9.79. The fourth-order valence-corrected chi connectivity index (χ4v) is 2.83. The molecule has 0 radical (unpaired) electrons. The van der Waals surface area contributed by atoms with Crippen molar-refractivity contribution < 1.29 is 0 Å². The van der Waals surface area contributed by atoms with Crippen molar-refractivity contribution in [2.45, 2.75) is 91.0 Å². The molecule has 1 aromatic heterocycles. The summed E-state index contributed by atoms with van der Waals surface area (Å²) in [6, 6.07) is 0. The van der Waals surface area contributed by atoms with Crippen molar-refractivity contribution in [3.8, 4) is 0 Å². The van der Waals surface area contributed by atoms with Gasteiger partial charge < -0.3 is 4.57 Å². The largest absolute Gasteiger partial charge is 0.304 e. The SMILES string of the molecule is CCCCCCCCCCCc1n[nH]c(=S)n1CCC. The normalized spacial score (nSPS) is 11.1. The van der Waals surface area contributed by atoms with Gasteiger partial charge in [-0.15, -0.1) is 0 Å². The molecule has 4 heteroatoms. The van der Waals surface area contributed by atoms with Crippen molar-refractivity contribution in [2.75, 3.05) is 0 Å². The third kappa shape index (κ3) is 6.69. The zero-order valence-electron chi connectivity index (χ0n) is 13.3. The van der Waals surface area contributed by atoms with Crippen LogP contribution in [0.1, 0.15) is 83.9 Å². The molecular formula is C16H31N3S. The minimum atomic E-state index is 0.776. The molecule has 1 rings (SSSR count). The van der Waals surface area contributed by atoms with Crippen LogP contribution >= 0.6 is 12.2 Å². The Morgan fingerprint density at radius 1 is 0.900 bits per heavy atom. The highest BCUT2D eigenvalue weighted by Gasteiger charge is 2.04.